The molecule has 6 nitrogen and oxygen atoms in total. The number of aromatic nitrogens is 1. The Morgan fingerprint density at radius 2 is 1.94 bits per heavy atom. The van der Waals surface area contributed by atoms with E-state index in [1.807, 2.05) is 31.4 Å². The predicted octanol–water partition coefficient (Wildman–Crippen LogP) is 5.58. The van der Waals surface area contributed by atoms with E-state index in [-0.39, 0.29) is 11.4 Å². The number of nitrogens with zero attached hydrogens (tertiary/aromatic N) is 4. The summed E-state index contributed by atoms with van der Waals surface area (Å²) < 4.78 is 2.17. The van der Waals surface area contributed by atoms with Gasteiger partial charge in [0.15, 0.2) is 5.84 Å². The molecule has 0 spiro atoms. The highest BCUT2D eigenvalue weighted by Gasteiger charge is 2.35. The second-order valence-electron chi connectivity index (χ2n) is 7.95. The maximum Gasteiger partial charge on any atom is 0.283 e. The van der Waals surface area contributed by atoms with Crippen LogP contribution in [0.1, 0.15) is 34.3 Å². The molecule has 0 aliphatic carbocycles. The number of aryl methyl sites for hydroxylation is 2. The Morgan fingerprint density at radius 1 is 1.15 bits per heavy atom. The van der Waals surface area contributed by atoms with Gasteiger partial charge >= 0.3 is 0 Å². The molecule has 0 atom stereocenters. The molecule has 5 rings (SSSR count). The Kier molecular flexibility index (Phi) is 5.64. The lowest BCUT2D eigenvalue weighted by molar-refractivity contribution is -0.114. The average Bonchev–Trinajstić information content (AvgIpc) is 3.52. The molecule has 2 aliphatic heterocycles. The summed E-state index contributed by atoms with van der Waals surface area (Å²) in [6, 6.07) is 14.6. The first-order valence-electron chi connectivity index (χ1n) is 10.7. The standard InChI is InChI=1S/C25H23N5OS2/c1-4-17-7-9-19(10-8-17)29-15(2)12-18(16(29)3)13-21-23(26)30-25(27-24(21)31)33-22(28-30)14-20-6-5-11-32-20/h5-13,26H,4,14H2,1-3H3/b21-13+,26-23?. The molecule has 1 amide bonds. The van der Waals surface area contributed by atoms with Crippen molar-refractivity contribution in [3.8, 4) is 5.69 Å². The second-order valence-corrected chi connectivity index (χ2v) is 10.0. The number of carbonyl (C=O) groups excluding carboxylic acids is 1. The number of hydrazone groups is 1. The molecule has 2 aromatic heterocycles. The summed E-state index contributed by atoms with van der Waals surface area (Å²) in [7, 11) is 0. The summed E-state index contributed by atoms with van der Waals surface area (Å²) in [4.78, 5) is 18.2. The summed E-state index contributed by atoms with van der Waals surface area (Å²) in [5, 5.41) is 18.0. The van der Waals surface area contributed by atoms with E-state index in [0.29, 0.717) is 11.6 Å². The molecular weight excluding hydrogens is 450 g/mol. The van der Waals surface area contributed by atoms with Crippen molar-refractivity contribution in [3.63, 3.8) is 0 Å². The third-order valence-electron chi connectivity index (χ3n) is 5.77. The van der Waals surface area contributed by atoms with Crippen molar-refractivity contribution >= 4 is 51.1 Å². The van der Waals surface area contributed by atoms with Crippen LogP contribution in [0, 0.1) is 19.3 Å². The number of aliphatic imine (C=N–C) groups is 1. The topological polar surface area (TPSA) is 73.8 Å². The average molecular weight is 474 g/mol. The molecule has 4 heterocycles. The number of amidine groups is 2. The molecule has 3 aromatic rings. The van der Waals surface area contributed by atoms with E-state index >= 15 is 0 Å². The van der Waals surface area contributed by atoms with Crippen molar-refractivity contribution in [1.29, 1.82) is 5.41 Å². The monoisotopic (exact) mass is 473 g/mol. The third-order valence-corrected chi connectivity index (χ3v) is 7.56. The Morgan fingerprint density at radius 3 is 2.64 bits per heavy atom. The number of thiophene rings is 1. The van der Waals surface area contributed by atoms with Gasteiger partial charge in [0.25, 0.3) is 5.91 Å². The maximum atomic E-state index is 12.8. The second kappa shape index (κ2) is 8.61. The maximum absolute atomic E-state index is 12.8. The summed E-state index contributed by atoms with van der Waals surface area (Å²) in [6.45, 7) is 6.22. The number of hydrogen-bond donors (Lipinski definition) is 1. The molecule has 0 saturated heterocycles. The molecule has 166 valence electrons. The van der Waals surface area contributed by atoms with Crippen molar-refractivity contribution in [3.05, 3.63) is 80.8 Å². The number of benzene rings is 1. The Balaban J connectivity index is 1.46. The van der Waals surface area contributed by atoms with Gasteiger partial charge in [-0.1, -0.05) is 25.1 Å². The van der Waals surface area contributed by atoms with Crippen LogP contribution in [0.3, 0.4) is 0 Å². The van der Waals surface area contributed by atoms with E-state index in [4.69, 9.17) is 5.41 Å². The third kappa shape index (κ3) is 4.00. The highest BCUT2D eigenvalue weighted by atomic mass is 32.2. The SMILES string of the molecule is CCc1ccc(-n2c(C)cc(/C=C3\C(=N)N4N=C(Cc5cccs5)SC4=NC3=O)c2C)cc1. The van der Waals surface area contributed by atoms with Gasteiger partial charge in [0.1, 0.15) is 5.04 Å². The Hall–Kier alpha value is -3.23. The number of hydrogen-bond acceptors (Lipinski definition) is 5. The molecular formula is C25H23N5OS2. The van der Waals surface area contributed by atoms with Crippen molar-refractivity contribution in [1.82, 2.24) is 9.58 Å². The van der Waals surface area contributed by atoms with E-state index in [2.05, 4.69) is 51.9 Å². The molecule has 8 heteroatoms. The largest absolute Gasteiger partial charge is 0.318 e. The van der Waals surface area contributed by atoms with Crippen molar-refractivity contribution in [2.45, 2.75) is 33.6 Å². The highest BCUT2D eigenvalue weighted by Crippen LogP contribution is 2.31. The number of fused-ring (bicyclic) bond motifs is 1. The van der Waals surface area contributed by atoms with Gasteiger partial charge in [-0.05, 0) is 78.9 Å². The quantitative estimate of drug-likeness (QED) is 0.492. The van der Waals surface area contributed by atoms with Crippen LogP contribution in [0.5, 0.6) is 0 Å². The predicted molar refractivity (Wildman–Crippen MR) is 138 cm³/mol. The van der Waals surface area contributed by atoms with Crippen LogP contribution in [0.15, 0.2) is 63.5 Å². The Bertz CT molecular complexity index is 1340. The van der Waals surface area contributed by atoms with E-state index in [0.717, 1.165) is 34.1 Å². The van der Waals surface area contributed by atoms with Crippen molar-refractivity contribution in [2.24, 2.45) is 10.1 Å². The van der Waals surface area contributed by atoms with Crippen LogP contribution < -0.4 is 0 Å². The fourth-order valence-corrected chi connectivity index (χ4v) is 5.74. The zero-order valence-electron chi connectivity index (χ0n) is 18.6. The van der Waals surface area contributed by atoms with Crippen LogP contribution in [0.25, 0.3) is 11.8 Å². The number of nitrogens with one attached hydrogen (secondary N) is 1. The minimum atomic E-state index is -0.400. The van der Waals surface area contributed by atoms with E-state index < -0.39 is 5.91 Å². The van der Waals surface area contributed by atoms with E-state index in [9.17, 15) is 4.79 Å². The van der Waals surface area contributed by atoms with Gasteiger partial charge in [0.05, 0.1) is 5.57 Å². The van der Waals surface area contributed by atoms with E-state index in [1.165, 1.54) is 27.2 Å². The van der Waals surface area contributed by atoms with Crippen molar-refractivity contribution in [2.75, 3.05) is 0 Å². The zero-order valence-corrected chi connectivity index (χ0v) is 20.3. The minimum Gasteiger partial charge on any atom is -0.318 e. The smallest absolute Gasteiger partial charge is 0.283 e. The normalized spacial score (nSPS) is 16.9. The van der Waals surface area contributed by atoms with Gasteiger partial charge in [0, 0.05) is 28.4 Å². The van der Waals surface area contributed by atoms with Gasteiger partial charge < -0.3 is 4.57 Å². The summed E-state index contributed by atoms with van der Waals surface area (Å²) in [6.07, 6.45) is 3.44. The molecule has 2 aliphatic rings. The van der Waals surface area contributed by atoms with Gasteiger partial charge in [-0.3, -0.25) is 10.2 Å². The lowest BCUT2D eigenvalue weighted by atomic mass is 10.1. The first-order valence-corrected chi connectivity index (χ1v) is 12.4. The van der Waals surface area contributed by atoms with Gasteiger partial charge in [0.2, 0.25) is 5.17 Å². The van der Waals surface area contributed by atoms with Crippen LogP contribution in [0.4, 0.5) is 0 Å². The number of thioether (sulfide) groups is 1. The number of carbonyl (C=O) groups is 1. The molecule has 1 aromatic carbocycles. The molecule has 0 fully saturated rings. The molecule has 0 radical (unpaired) electrons. The van der Waals surface area contributed by atoms with Crippen LogP contribution in [-0.2, 0) is 17.6 Å². The van der Waals surface area contributed by atoms with Gasteiger partial charge in [-0.25, -0.2) is 0 Å². The van der Waals surface area contributed by atoms with Crippen LogP contribution in [-0.4, -0.2) is 31.5 Å². The fraction of sp³-hybridized carbons (Fsp3) is 0.200. The molecule has 0 bridgehead atoms. The van der Waals surface area contributed by atoms with Crippen LogP contribution in [0.2, 0.25) is 0 Å². The molecule has 33 heavy (non-hydrogen) atoms. The fourth-order valence-electron chi connectivity index (χ4n) is 4.03. The van der Waals surface area contributed by atoms with Gasteiger partial charge in [-0.15, -0.1) is 11.3 Å². The summed E-state index contributed by atoms with van der Waals surface area (Å²) in [5.41, 5.74) is 5.60. The lowest BCUT2D eigenvalue weighted by Crippen LogP contribution is -2.35. The highest BCUT2D eigenvalue weighted by molar-refractivity contribution is 8.27. The lowest BCUT2D eigenvalue weighted by Gasteiger charge is -2.20. The first-order chi connectivity index (χ1) is 15.9. The zero-order chi connectivity index (χ0) is 23.1. The number of amides is 1. The van der Waals surface area contributed by atoms with E-state index in [1.54, 1.807) is 17.4 Å². The summed E-state index contributed by atoms with van der Waals surface area (Å²) >= 11 is 3.02. The Labute approximate surface area is 200 Å². The summed E-state index contributed by atoms with van der Waals surface area (Å²) in [5.74, 6) is -0.334. The molecule has 1 N–H and O–H groups in total. The van der Waals surface area contributed by atoms with Crippen molar-refractivity contribution < 1.29 is 4.79 Å². The van der Waals surface area contributed by atoms with Crippen LogP contribution >= 0.6 is 23.1 Å². The first kappa shape index (κ1) is 21.6. The molecule has 0 unspecified atom stereocenters. The number of rotatable bonds is 5. The van der Waals surface area contributed by atoms with Gasteiger partial charge in [-0.2, -0.15) is 15.1 Å². The molecule has 0 saturated carbocycles. The minimum absolute atomic E-state index is 0.0655.